The summed E-state index contributed by atoms with van der Waals surface area (Å²) in [5.74, 6) is 1.60. The van der Waals surface area contributed by atoms with E-state index in [2.05, 4.69) is 24.4 Å². The average Bonchev–Trinajstić information content (AvgIpc) is 2.84. The zero-order chi connectivity index (χ0) is 10.1. The summed E-state index contributed by atoms with van der Waals surface area (Å²) in [6, 6.07) is 6.24. The first-order valence-corrected chi connectivity index (χ1v) is 5.51. The average molecular weight is 210 g/mol. The quantitative estimate of drug-likeness (QED) is 0.807. The van der Waals surface area contributed by atoms with Crippen LogP contribution in [-0.2, 0) is 0 Å². The van der Waals surface area contributed by atoms with Crippen LogP contribution in [0.4, 0.5) is 0 Å². The molecule has 1 aliphatic rings. The SMILES string of the molecule is CNCC1CC1c1ccc(Cl)cc1C. The number of benzene rings is 1. The van der Waals surface area contributed by atoms with Gasteiger partial charge in [-0.1, -0.05) is 17.7 Å². The molecule has 0 aromatic heterocycles. The van der Waals surface area contributed by atoms with Crippen molar-refractivity contribution < 1.29 is 0 Å². The molecule has 2 unspecified atom stereocenters. The second-order valence-corrected chi connectivity index (χ2v) is 4.60. The molecular weight excluding hydrogens is 194 g/mol. The lowest BCUT2D eigenvalue weighted by Crippen LogP contribution is -2.10. The molecule has 0 saturated heterocycles. The maximum atomic E-state index is 5.93. The van der Waals surface area contributed by atoms with Crippen molar-refractivity contribution in [2.75, 3.05) is 13.6 Å². The highest BCUT2D eigenvalue weighted by molar-refractivity contribution is 6.30. The molecule has 1 fully saturated rings. The van der Waals surface area contributed by atoms with Crippen molar-refractivity contribution in [2.45, 2.75) is 19.3 Å². The summed E-state index contributed by atoms with van der Waals surface area (Å²) in [7, 11) is 2.02. The van der Waals surface area contributed by atoms with Gasteiger partial charge in [0.25, 0.3) is 0 Å². The molecule has 0 amide bonds. The lowest BCUT2D eigenvalue weighted by molar-refractivity contribution is 0.697. The van der Waals surface area contributed by atoms with Crippen LogP contribution in [0.1, 0.15) is 23.5 Å². The minimum absolute atomic E-state index is 0.764. The van der Waals surface area contributed by atoms with E-state index in [1.165, 1.54) is 17.5 Å². The molecule has 2 rings (SSSR count). The zero-order valence-electron chi connectivity index (χ0n) is 8.68. The van der Waals surface area contributed by atoms with Gasteiger partial charge in [-0.3, -0.25) is 0 Å². The molecule has 0 heterocycles. The Morgan fingerprint density at radius 2 is 2.29 bits per heavy atom. The molecule has 0 radical (unpaired) electrons. The van der Waals surface area contributed by atoms with E-state index in [4.69, 9.17) is 11.6 Å². The van der Waals surface area contributed by atoms with Crippen molar-refractivity contribution in [3.63, 3.8) is 0 Å². The number of rotatable bonds is 3. The Morgan fingerprint density at radius 1 is 1.50 bits per heavy atom. The van der Waals surface area contributed by atoms with Gasteiger partial charge in [-0.2, -0.15) is 0 Å². The Balaban J connectivity index is 2.11. The highest BCUT2D eigenvalue weighted by atomic mass is 35.5. The predicted molar refractivity (Wildman–Crippen MR) is 61.0 cm³/mol. The van der Waals surface area contributed by atoms with E-state index in [1.54, 1.807) is 0 Å². The molecule has 76 valence electrons. The molecule has 14 heavy (non-hydrogen) atoms. The van der Waals surface area contributed by atoms with Crippen molar-refractivity contribution >= 4 is 11.6 Å². The van der Waals surface area contributed by atoms with E-state index in [0.29, 0.717) is 0 Å². The van der Waals surface area contributed by atoms with E-state index in [1.807, 2.05) is 13.1 Å². The molecule has 1 N–H and O–H groups in total. The zero-order valence-corrected chi connectivity index (χ0v) is 9.43. The molecule has 2 heteroatoms. The van der Waals surface area contributed by atoms with Gasteiger partial charge in [0, 0.05) is 5.02 Å². The van der Waals surface area contributed by atoms with Gasteiger partial charge in [0.05, 0.1) is 0 Å². The summed E-state index contributed by atoms with van der Waals surface area (Å²) < 4.78 is 0. The summed E-state index contributed by atoms with van der Waals surface area (Å²) in [6.07, 6.45) is 1.32. The minimum Gasteiger partial charge on any atom is -0.319 e. The van der Waals surface area contributed by atoms with Gasteiger partial charge in [-0.25, -0.2) is 0 Å². The van der Waals surface area contributed by atoms with E-state index in [0.717, 1.165) is 23.4 Å². The number of nitrogens with one attached hydrogen (secondary N) is 1. The molecule has 0 aliphatic heterocycles. The first kappa shape index (κ1) is 10.0. The van der Waals surface area contributed by atoms with Crippen LogP contribution in [0.15, 0.2) is 18.2 Å². The molecular formula is C12H16ClN. The van der Waals surface area contributed by atoms with Crippen molar-refractivity contribution in [1.82, 2.24) is 5.32 Å². The Hall–Kier alpha value is -0.530. The predicted octanol–water partition coefficient (Wildman–Crippen LogP) is 2.97. The van der Waals surface area contributed by atoms with Crippen LogP contribution in [0.3, 0.4) is 0 Å². The van der Waals surface area contributed by atoms with Crippen molar-refractivity contribution in [1.29, 1.82) is 0 Å². The van der Waals surface area contributed by atoms with Crippen LogP contribution >= 0.6 is 11.6 Å². The lowest BCUT2D eigenvalue weighted by atomic mass is 10.0. The van der Waals surface area contributed by atoms with Gasteiger partial charge in [0.1, 0.15) is 0 Å². The lowest BCUT2D eigenvalue weighted by Gasteiger charge is -2.05. The fourth-order valence-electron chi connectivity index (χ4n) is 2.17. The Labute approximate surface area is 90.5 Å². The Morgan fingerprint density at radius 3 is 2.93 bits per heavy atom. The fraction of sp³-hybridized carbons (Fsp3) is 0.500. The van der Waals surface area contributed by atoms with Crippen LogP contribution in [0, 0.1) is 12.8 Å². The van der Waals surface area contributed by atoms with Gasteiger partial charge in [-0.05, 0) is 62.0 Å². The highest BCUT2D eigenvalue weighted by Crippen LogP contribution is 2.48. The van der Waals surface area contributed by atoms with Gasteiger partial charge < -0.3 is 5.32 Å². The summed E-state index contributed by atoms with van der Waals surface area (Å²) in [5, 5.41) is 4.08. The Kier molecular flexibility index (Phi) is 2.80. The molecule has 2 atom stereocenters. The van der Waals surface area contributed by atoms with E-state index in [9.17, 15) is 0 Å². The van der Waals surface area contributed by atoms with Gasteiger partial charge >= 0.3 is 0 Å². The highest BCUT2D eigenvalue weighted by Gasteiger charge is 2.38. The number of hydrogen-bond acceptors (Lipinski definition) is 1. The molecule has 1 saturated carbocycles. The van der Waals surface area contributed by atoms with Gasteiger partial charge in [0.2, 0.25) is 0 Å². The monoisotopic (exact) mass is 209 g/mol. The normalized spacial score (nSPS) is 25.1. The molecule has 1 nitrogen and oxygen atoms in total. The van der Waals surface area contributed by atoms with E-state index >= 15 is 0 Å². The Bertz CT molecular complexity index is 335. The standard InChI is InChI=1S/C12H16ClN/c1-8-5-10(13)3-4-11(8)12-6-9(12)7-14-2/h3-5,9,12,14H,6-7H2,1-2H3. The summed E-state index contributed by atoms with van der Waals surface area (Å²) >= 11 is 5.93. The maximum Gasteiger partial charge on any atom is 0.0408 e. The summed E-state index contributed by atoms with van der Waals surface area (Å²) in [4.78, 5) is 0. The van der Waals surface area contributed by atoms with Crippen LogP contribution in [0.25, 0.3) is 0 Å². The summed E-state index contributed by atoms with van der Waals surface area (Å²) in [5.41, 5.74) is 2.82. The molecule has 0 bridgehead atoms. The van der Waals surface area contributed by atoms with Crippen LogP contribution < -0.4 is 5.32 Å². The smallest absolute Gasteiger partial charge is 0.0408 e. The molecule has 1 aliphatic carbocycles. The van der Waals surface area contributed by atoms with Crippen molar-refractivity contribution in [3.05, 3.63) is 34.3 Å². The third kappa shape index (κ3) is 1.94. The summed E-state index contributed by atoms with van der Waals surface area (Å²) in [6.45, 7) is 3.28. The third-order valence-corrected chi connectivity index (χ3v) is 3.26. The first-order chi connectivity index (χ1) is 6.72. The van der Waals surface area contributed by atoms with Crippen LogP contribution in [0.2, 0.25) is 5.02 Å². The van der Waals surface area contributed by atoms with E-state index < -0.39 is 0 Å². The van der Waals surface area contributed by atoms with E-state index in [-0.39, 0.29) is 0 Å². The molecule has 0 spiro atoms. The van der Waals surface area contributed by atoms with Crippen molar-refractivity contribution in [3.8, 4) is 0 Å². The van der Waals surface area contributed by atoms with Crippen molar-refractivity contribution in [2.24, 2.45) is 5.92 Å². The van der Waals surface area contributed by atoms with Crippen LogP contribution in [0.5, 0.6) is 0 Å². The fourth-order valence-corrected chi connectivity index (χ4v) is 2.40. The molecule has 1 aromatic carbocycles. The largest absolute Gasteiger partial charge is 0.319 e. The second-order valence-electron chi connectivity index (χ2n) is 4.16. The van der Waals surface area contributed by atoms with Crippen LogP contribution in [-0.4, -0.2) is 13.6 Å². The number of hydrogen-bond donors (Lipinski definition) is 1. The first-order valence-electron chi connectivity index (χ1n) is 5.13. The molecule has 1 aromatic rings. The van der Waals surface area contributed by atoms with Gasteiger partial charge in [-0.15, -0.1) is 0 Å². The van der Waals surface area contributed by atoms with Gasteiger partial charge in [0.15, 0.2) is 0 Å². The number of halogens is 1. The second kappa shape index (κ2) is 3.92. The topological polar surface area (TPSA) is 12.0 Å². The number of aryl methyl sites for hydroxylation is 1. The minimum atomic E-state index is 0.764. The maximum absolute atomic E-state index is 5.93. The third-order valence-electron chi connectivity index (χ3n) is 3.02.